The second kappa shape index (κ2) is 6.72. The molecule has 1 N–H and O–H groups in total. The van der Waals surface area contributed by atoms with Crippen LogP contribution in [0.4, 0.5) is 0 Å². The first kappa shape index (κ1) is 16.0. The summed E-state index contributed by atoms with van der Waals surface area (Å²) in [4.78, 5) is 23.8. The van der Waals surface area contributed by atoms with Gasteiger partial charge in [-0.1, -0.05) is 29.8 Å². The van der Waals surface area contributed by atoms with E-state index in [1.54, 1.807) is 6.20 Å². The summed E-state index contributed by atoms with van der Waals surface area (Å²) >= 11 is 6.30. The minimum Gasteiger partial charge on any atom is -0.338 e. The molecule has 1 amide bonds. The zero-order valence-corrected chi connectivity index (χ0v) is 14.2. The van der Waals surface area contributed by atoms with Gasteiger partial charge in [0.15, 0.2) is 0 Å². The van der Waals surface area contributed by atoms with Gasteiger partial charge in [0.2, 0.25) is 0 Å². The van der Waals surface area contributed by atoms with Gasteiger partial charge in [0.1, 0.15) is 11.5 Å². The Bertz CT molecular complexity index is 691. The number of aromatic nitrogens is 2. The van der Waals surface area contributed by atoms with Crippen LogP contribution in [0.15, 0.2) is 30.5 Å². The quantitative estimate of drug-likeness (QED) is 0.940. The summed E-state index contributed by atoms with van der Waals surface area (Å²) in [6.45, 7) is 7.12. The molecule has 6 heteroatoms. The monoisotopic (exact) mass is 332 g/mol. The predicted octanol–water partition coefficient (Wildman–Crippen LogP) is 2.89. The predicted molar refractivity (Wildman–Crippen MR) is 90.7 cm³/mol. The van der Waals surface area contributed by atoms with Crippen LogP contribution in [0.5, 0.6) is 0 Å². The molecule has 1 fully saturated rings. The number of amides is 1. The van der Waals surface area contributed by atoms with Gasteiger partial charge in [0.05, 0.1) is 6.20 Å². The van der Waals surface area contributed by atoms with Crippen LogP contribution in [0.2, 0.25) is 5.02 Å². The molecule has 5 nitrogen and oxygen atoms in total. The summed E-state index contributed by atoms with van der Waals surface area (Å²) in [5, 5.41) is 0.798. The molecule has 0 bridgehead atoms. The largest absolute Gasteiger partial charge is 0.338 e. The van der Waals surface area contributed by atoms with Crippen molar-refractivity contribution in [3.05, 3.63) is 52.6 Å². The maximum Gasteiger partial charge on any atom is 0.272 e. The summed E-state index contributed by atoms with van der Waals surface area (Å²) in [5.74, 6) is 0.787. The van der Waals surface area contributed by atoms with Crippen molar-refractivity contribution in [1.29, 1.82) is 0 Å². The molecule has 1 saturated heterocycles. The van der Waals surface area contributed by atoms with E-state index in [-0.39, 0.29) is 11.9 Å². The number of hydrogen-bond acceptors (Lipinski definition) is 3. The number of carbonyl (C=O) groups excluding carboxylic acids is 1. The van der Waals surface area contributed by atoms with Gasteiger partial charge in [-0.25, -0.2) is 4.98 Å². The fraction of sp³-hybridized carbons (Fsp3) is 0.412. The Kier molecular flexibility index (Phi) is 4.68. The Morgan fingerprint density at radius 3 is 2.57 bits per heavy atom. The highest BCUT2D eigenvalue weighted by Crippen LogP contribution is 2.27. The van der Waals surface area contributed by atoms with Crippen LogP contribution >= 0.6 is 11.6 Å². The van der Waals surface area contributed by atoms with Crippen LogP contribution in [0, 0.1) is 6.92 Å². The van der Waals surface area contributed by atoms with Crippen LogP contribution in [-0.2, 0) is 0 Å². The molecule has 0 saturated carbocycles. The Hall–Kier alpha value is -1.85. The SMILES string of the molecule is Cc1ncc(C(=O)N2CCN([C@H](C)c3ccccc3Cl)CC2)[nH]1. The lowest BCUT2D eigenvalue weighted by atomic mass is 10.1. The first-order valence-corrected chi connectivity index (χ1v) is 8.23. The van der Waals surface area contributed by atoms with Crippen molar-refractivity contribution >= 4 is 17.5 Å². The Labute approximate surface area is 141 Å². The maximum atomic E-state index is 12.4. The van der Waals surface area contributed by atoms with Gasteiger partial charge >= 0.3 is 0 Å². The van der Waals surface area contributed by atoms with E-state index in [0.717, 1.165) is 29.5 Å². The number of imidazole rings is 1. The minimum absolute atomic E-state index is 0.0237. The van der Waals surface area contributed by atoms with Crippen LogP contribution in [0.3, 0.4) is 0 Å². The Balaban J connectivity index is 1.62. The second-order valence-electron chi connectivity index (χ2n) is 5.91. The smallest absolute Gasteiger partial charge is 0.272 e. The molecule has 0 unspecified atom stereocenters. The van der Waals surface area contributed by atoms with Crippen molar-refractivity contribution < 1.29 is 4.79 Å². The fourth-order valence-electron chi connectivity index (χ4n) is 3.02. The van der Waals surface area contributed by atoms with Crippen molar-refractivity contribution in [2.24, 2.45) is 0 Å². The third-order valence-corrected chi connectivity index (χ3v) is 4.78. The van der Waals surface area contributed by atoms with Crippen LogP contribution in [0.25, 0.3) is 0 Å². The number of nitrogens with zero attached hydrogens (tertiary/aromatic N) is 3. The normalized spacial score (nSPS) is 17.3. The molecule has 0 radical (unpaired) electrons. The number of aryl methyl sites for hydroxylation is 1. The lowest BCUT2D eigenvalue weighted by Gasteiger charge is -2.38. The highest BCUT2D eigenvalue weighted by molar-refractivity contribution is 6.31. The number of hydrogen-bond donors (Lipinski definition) is 1. The van der Waals surface area contributed by atoms with Gasteiger partial charge in [-0.3, -0.25) is 9.69 Å². The minimum atomic E-state index is 0.0237. The number of piperazine rings is 1. The lowest BCUT2D eigenvalue weighted by Crippen LogP contribution is -2.49. The zero-order valence-electron chi connectivity index (χ0n) is 13.4. The van der Waals surface area contributed by atoms with Crippen LogP contribution in [0.1, 0.15) is 34.8 Å². The average Bonchev–Trinajstić information content (AvgIpc) is 3.01. The van der Waals surface area contributed by atoms with Gasteiger partial charge in [-0.05, 0) is 25.5 Å². The van der Waals surface area contributed by atoms with Crippen LogP contribution < -0.4 is 0 Å². The third-order valence-electron chi connectivity index (χ3n) is 4.44. The zero-order chi connectivity index (χ0) is 16.4. The van der Waals surface area contributed by atoms with Crippen LogP contribution in [-0.4, -0.2) is 51.9 Å². The van der Waals surface area contributed by atoms with E-state index in [0.29, 0.717) is 18.8 Å². The fourth-order valence-corrected chi connectivity index (χ4v) is 3.32. The number of carbonyl (C=O) groups is 1. The first-order chi connectivity index (χ1) is 11.1. The molecule has 0 aliphatic carbocycles. The Morgan fingerprint density at radius 2 is 1.96 bits per heavy atom. The summed E-state index contributed by atoms with van der Waals surface area (Å²) in [6, 6.07) is 8.20. The molecule has 3 rings (SSSR count). The topological polar surface area (TPSA) is 52.2 Å². The van der Waals surface area contributed by atoms with E-state index < -0.39 is 0 Å². The van der Waals surface area contributed by atoms with E-state index in [1.807, 2.05) is 30.0 Å². The summed E-state index contributed by atoms with van der Waals surface area (Å²) in [6.07, 6.45) is 1.61. The van der Waals surface area contributed by atoms with Gasteiger partial charge in [-0.15, -0.1) is 0 Å². The number of nitrogens with one attached hydrogen (secondary N) is 1. The van der Waals surface area contributed by atoms with E-state index in [4.69, 9.17) is 11.6 Å². The molecule has 1 aliphatic heterocycles. The van der Waals surface area contributed by atoms with Crippen molar-refractivity contribution in [1.82, 2.24) is 19.8 Å². The average molecular weight is 333 g/mol. The van der Waals surface area contributed by atoms with Crippen molar-refractivity contribution in [3.8, 4) is 0 Å². The molecule has 122 valence electrons. The summed E-state index contributed by atoms with van der Waals surface area (Å²) in [5.41, 5.74) is 1.70. The van der Waals surface area contributed by atoms with E-state index in [2.05, 4.69) is 27.9 Å². The number of H-pyrrole nitrogens is 1. The molecule has 23 heavy (non-hydrogen) atoms. The van der Waals surface area contributed by atoms with E-state index in [9.17, 15) is 4.79 Å². The van der Waals surface area contributed by atoms with Crippen molar-refractivity contribution in [2.75, 3.05) is 26.2 Å². The van der Waals surface area contributed by atoms with Gasteiger partial charge in [0, 0.05) is 37.2 Å². The first-order valence-electron chi connectivity index (χ1n) is 7.85. The number of rotatable bonds is 3. The highest BCUT2D eigenvalue weighted by Gasteiger charge is 2.26. The Morgan fingerprint density at radius 1 is 1.26 bits per heavy atom. The number of halogens is 1. The molecular formula is C17H21ClN4O. The van der Waals surface area contributed by atoms with Crippen molar-refractivity contribution in [2.45, 2.75) is 19.9 Å². The molecule has 1 aliphatic rings. The highest BCUT2D eigenvalue weighted by atomic mass is 35.5. The summed E-state index contributed by atoms with van der Waals surface area (Å²) < 4.78 is 0. The molecular weight excluding hydrogens is 312 g/mol. The maximum absolute atomic E-state index is 12.4. The van der Waals surface area contributed by atoms with Gasteiger partial charge in [0.25, 0.3) is 5.91 Å². The summed E-state index contributed by atoms with van der Waals surface area (Å²) in [7, 11) is 0. The van der Waals surface area contributed by atoms with Gasteiger partial charge in [-0.2, -0.15) is 0 Å². The number of aromatic amines is 1. The third kappa shape index (κ3) is 3.41. The van der Waals surface area contributed by atoms with Crippen molar-refractivity contribution in [3.63, 3.8) is 0 Å². The molecule has 1 aromatic heterocycles. The molecule has 0 spiro atoms. The van der Waals surface area contributed by atoms with Gasteiger partial charge < -0.3 is 9.88 Å². The standard InChI is InChI=1S/C17H21ClN4O/c1-12(14-5-3-4-6-15(14)18)21-7-9-22(10-8-21)17(23)16-11-19-13(2)20-16/h3-6,11-12H,7-10H2,1-2H3,(H,19,20)/t12-/m1/s1. The number of benzene rings is 1. The van der Waals surface area contributed by atoms with E-state index >= 15 is 0 Å². The second-order valence-corrected chi connectivity index (χ2v) is 6.32. The molecule has 2 heterocycles. The molecule has 1 atom stereocenters. The lowest BCUT2D eigenvalue weighted by molar-refractivity contribution is 0.0577. The van der Waals surface area contributed by atoms with E-state index in [1.165, 1.54) is 0 Å². The molecule has 1 aromatic carbocycles. The molecule has 2 aromatic rings.